The van der Waals surface area contributed by atoms with Crippen LogP contribution in [0.4, 0.5) is 5.69 Å². The number of nitrogens with one attached hydrogen (secondary N) is 1. The smallest absolute Gasteiger partial charge is 0.0838 e. The van der Waals surface area contributed by atoms with Gasteiger partial charge in [0, 0.05) is 24.4 Å². The van der Waals surface area contributed by atoms with Crippen LogP contribution in [0.1, 0.15) is 15.8 Å². The molecule has 0 aliphatic rings. The molecule has 19 heavy (non-hydrogen) atoms. The van der Waals surface area contributed by atoms with Crippen molar-refractivity contribution in [2.24, 2.45) is 0 Å². The van der Waals surface area contributed by atoms with Crippen LogP contribution in [0.15, 0.2) is 33.2 Å². The first kappa shape index (κ1) is 15.3. The van der Waals surface area contributed by atoms with Crippen LogP contribution < -0.4 is 5.32 Å². The van der Waals surface area contributed by atoms with Gasteiger partial charge in [-0.2, -0.15) is 0 Å². The highest BCUT2D eigenvalue weighted by Crippen LogP contribution is 2.33. The molecule has 2 rings (SSSR count). The SMILES string of the molecule is Cc1sc(C(CO)Nc2ccc(Cl)c(Br)c2)cc1Br. The molecule has 0 radical (unpaired) electrons. The second-order valence-corrected chi connectivity index (χ2v) is 7.47. The van der Waals surface area contributed by atoms with Crippen LogP contribution in [0.5, 0.6) is 0 Å². The predicted molar refractivity (Wildman–Crippen MR) is 89.4 cm³/mol. The first-order valence-corrected chi connectivity index (χ1v) is 8.37. The summed E-state index contributed by atoms with van der Waals surface area (Å²) < 4.78 is 1.91. The minimum Gasteiger partial charge on any atom is -0.394 e. The van der Waals surface area contributed by atoms with Gasteiger partial charge in [-0.25, -0.2) is 0 Å². The monoisotopic (exact) mass is 423 g/mol. The van der Waals surface area contributed by atoms with Crippen LogP contribution >= 0.6 is 54.8 Å². The van der Waals surface area contributed by atoms with Gasteiger partial charge >= 0.3 is 0 Å². The zero-order valence-corrected chi connectivity index (χ0v) is 14.8. The minimum atomic E-state index is -0.122. The van der Waals surface area contributed by atoms with Gasteiger partial charge in [-0.15, -0.1) is 11.3 Å². The molecule has 0 bridgehead atoms. The van der Waals surface area contributed by atoms with E-state index in [1.54, 1.807) is 11.3 Å². The fourth-order valence-corrected chi connectivity index (χ4v) is 3.75. The Morgan fingerprint density at radius 1 is 1.32 bits per heavy atom. The average Bonchev–Trinajstić information content (AvgIpc) is 2.71. The molecule has 102 valence electrons. The van der Waals surface area contributed by atoms with E-state index in [9.17, 15) is 5.11 Å². The largest absolute Gasteiger partial charge is 0.394 e. The molecule has 2 N–H and O–H groups in total. The van der Waals surface area contributed by atoms with Gasteiger partial charge < -0.3 is 10.4 Å². The molecule has 0 aliphatic carbocycles. The van der Waals surface area contributed by atoms with E-state index in [1.165, 1.54) is 4.88 Å². The molecule has 2 aromatic rings. The number of aliphatic hydroxyl groups is 1. The first-order chi connectivity index (χ1) is 9.01. The van der Waals surface area contributed by atoms with Crippen molar-refractivity contribution < 1.29 is 5.11 Å². The molecule has 1 aromatic carbocycles. The Hall–Kier alpha value is -0.0700. The molecule has 1 aromatic heterocycles. The van der Waals surface area contributed by atoms with Gasteiger partial charge in [0.25, 0.3) is 0 Å². The maximum absolute atomic E-state index is 9.56. The summed E-state index contributed by atoms with van der Waals surface area (Å²) in [7, 11) is 0. The van der Waals surface area contributed by atoms with E-state index in [0.29, 0.717) is 5.02 Å². The Bertz CT molecular complexity index is 569. The van der Waals surface area contributed by atoms with E-state index in [2.05, 4.69) is 37.2 Å². The molecule has 0 saturated carbocycles. The highest BCUT2D eigenvalue weighted by atomic mass is 79.9. The first-order valence-electron chi connectivity index (χ1n) is 5.59. The fraction of sp³-hybridized carbons (Fsp3) is 0.231. The lowest BCUT2D eigenvalue weighted by Crippen LogP contribution is -2.13. The summed E-state index contributed by atoms with van der Waals surface area (Å²) in [4.78, 5) is 2.30. The standard InChI is InChI=1S/C13H12Br2ClNOS/c1-7-9(14)5-13(19-7)12(6-18)17-8-2-3-11(16)10(15)4-8/h2-5,12,17-18H,6H2,1H3. The number of aryl methyl sites for hydroxylation is 1. The van der Waals surface area contributed by atoms with Gasteiger partial charge in [-0.05, 0) is 63.0 Å². The van der Waals surface area contributed by atoms with E-state index in [-0.39, 0.29) is 12.6 Å². The molecule has 6 heteroatoms. The van der Waals surface area contributed by atoms with Gasteiger partial charge in [-0.3, -0.25) is 0 Å². The maximum Gasteiger partial charge on any atom is 0.0838 e. The average molecular weight is 426 g/mol. The third-order valence-corrected chi connectivity index (χ3v) is 6.13. The second kappa shape index (κ2) is 6.59. The molecule has 1 unspecified atom stereocenters. The van der Waals surface area contributed by atoms with Crippen LogP contribution in [-0.4, -0.2) is 11.7 Å². The van der Waals surface area contributed by atoms with Gasteiger partial charge in [0.1, 0.15) is 0 Å². The van der Waals surface area contributed by atoms with Gasteiger partial charge in [-0.1, -0.05) is 11.6 Å². The molecule has 0 saturated heterocycles. The third-order valence-electron chi connectivity index (χ3n) is 2.66. The zero-order chi connectivity index (χ0) is 14.0. The summed E-state index contributed by atoms with van der Waals surface area (Å²) in [6.45, 7) is 2.08. The van der Waals surface area contributed by atoms with Crippen molar-refractivity contribution in [3.63, 3.8) is 0 Å². The molecule has 0 aliphatic heterocycles. The number of benzene rings is 1. The van der Waals surface area contributed by atoms with Gasteiger partial charge in [0.15, 0.2) is 0 Å². The summed E-state index contributed by atoms with van der Waals surface area (Å²) in [6.07, 6.45) is 0. The van der Waals surface area contributed by atoms with Crippen LogP contribution in [0.3, 0.4) is 0 Å². The van der Waals surface area contributed by atoms with Crippen LogP contribution in [0.2, 0.25) is 5.02 Å². The van der Waals surface area contributed by atoms with Crippen LogP contribution in [-0.2, 0) is 0 Å². The fourth-order valence-electron chi connectivity index (χ4n) is 1.65. The van der Waals surface area contributed by atoms with E-state index < -0.39 is 0 Å². The van der Waals surface area contributed by atoms with E-state index in [4.69, 9.17) is 11.6 Å². The Balaban J connectivity index is 2.21. The van der Waals surface area contributed by atoms with Crippen molar-refractivity contribution >= 4 is 60.5 Å². The normalized spacial score (nSPS) is 12.5. The molecule has 0 amide bonds. The summed E-state index contributed by atoms with van der Waals surface area (Å²) in [6, 6.07) is 7.53. The van der Waals surface area contributed by atoms with Crippen LogP contribution in [0.25, 0.3) is 0 Å². The topological polar surface area (TPSA) is 32.3 Å². The van der Waals surface area contributed by atoms with Crippen LogP contribution in [0, 0.1) is 6.92 Å². The lowest BCUT2D eigenvalue weighted by Gasteiger charge is -2.16. The number of anilines is 1. The lowest BCUT2D eigenvalue weighted by molar-refractivity contribution is 0.278. The number of rotatable bonds is 4. The minimum absolute atomic E-state index is 0.0344. The van der Waals surface area contributed by atoms with Crippen molar-refractivity contribution in [1.29, 1.82) is 0 Å². The predicted octanol–water partition coefficient (Wildman–Crippen LogP) is 5.38. The Kier molecular flexibility index (Phi) is 5.31. The third kappa shape index (κ3) is 3.73. The van der Waals surface area contributed by atoms with Crippen molar-refractivity contribution in [1.82, 2.24) is 0 Å². The molecule has 0 fully saturated rings. The van der Waals surface area contributed by atoms with Gasteiger partial charge in [0.05, 0.1) is 17.7 Å². The number of hydrogen-bond donors (Lipinski definition) is 2. The number of thiophene rings is 1. The lowest BCUT2D eigenvalue weighted by atomic mass is 10.2. The zero-order valence-electron chi connectivity index (χ0n) is 10.1. The summed E-state index contributed by atoms with van der Waals surface area (Å²) >= 11 is 14.5. The second-order valence-electron chi connectivity index (χ2n) is 4.06. The van der Waals surface area contributed by atoms with E-state index >= 15 is 0 Å². The molecule has 1 atom stereocenters. The molecule has 1 heterocycles. The Morgan fingerprint density at radius 3 is 2.58 bits per heavy atom. The number of hydrogen-bond acceptors (Lipinski definition) is 3. The molecule has 2 nitrogen and oxygen atoms in total. The van der Waals surface area contributed by atoms with Crippen molar-refractivity contribution in [3.8, 4) is 0 Å². The maximum atomic E-state index is 9.56. The molecular weight excluding hydrogens is 413 g/mol. The molecule has 0 spiro atoms. The number of halogens is 3. The number of aliphatic hydroxyl groups excluding tert-OH is 1. The highest BCUT2D eigenvalue weighted by molar-refractivity contribution is 9.10. The van der Waals surface area contributed by atoms with Crippen molar-refractivity contribution in [2.45, 2.75) is 13.0 Å². The highest BCUT2D eigenvalue weighted by Gasteiger charge is 2.14. The van der Waals surface area contributed by atoms with E-state index in [0.717, 1.165) is 19.5 Å². The van der Waals surface area contributed by atoms with Crippen molar-refractivity contribution in [3.05, 3.63) is 48.0 Å². The van der Waals surface area contributed by atoms with Crippen molar-refractivity contribution in [2.75, 3.05) is 11.9 Å². The Labute approximate surface area is 138 Å². The van der Waals surface area contributed by atoms with E-state index in [1.807, 2.05) is 31.2 Å². The molecular formula is C13H12Br2ClNOS. The Morgan fingerprint density at radius 2 is 2.05 bits per heavy atom. The van der Waals surface area contributed by atoms with Gasteiger partial charge in [0.2, 0.25) is 0 Å². The summed E-state index contributed by atoms with van der Waals surface area (Å²) in [5.41, 5.74) is 0.914. The summed E-state index contributed by atoms with van der Waals surface area (Å²) in [5.74, 6) is 0. The quantitative estimate of drug-likeness (QED) is 0.689. The summed E-state index contributed by atoms with van der Waals surface area (Å²) in [5, 5.41) is 13.5.